The monoisotopic (exact) mass is 726 g/mol. The number of ether oxygens (including phenoxy) is 4. The summed E-state index contributed by atoms with van der Waals surface area (Å²) in [6.07, 6.45) is -14.7. The third-order valence-electron chi connectivity index (χ3n) is 10.5. The van der Waals surface area contributed by atoms with Crippen LogP contribution in [0.15, 0.2) is 24.0 Å². The van der Waals surface area contributed by atoms with Gasteiger partial charge in [-0.15, -0.1) is 0 Å². The molecule has 0 spiro atoms. The first-order valence-electron chi connectivity index (χ1n) is 16.6. The molecule has 7 rings (SSSR count). The molecule has 3 heterocycles. The second-order valence-electron chi connectivity index (χ2n) is 13.6. The Hall–Kier alpha value is -4.36. The van der Waals surface area contributed by atoms with E-state index in [0.29, 0.717) is 0 Å². The van der Waals surface area contributed by atoms with Gasteiger partial charge in [0, 0.05) is 44.2 Å². The number of allylic oxidation sites excluding steroid dienone is 1. The van der Waals surface area contributed by atoms with Crippen LogP contribution in [0.3, 0.4) is 0 Å². The van der Waals surface area contributed by atoms with Crippen LogP contribution in [0.4, 0.5) is 0 Å². The van der Waals surface area contributed by atoms with Crippen molar-refractivity contribution >= 4 is 27.9 Å². The Labute approximate surface area is 294 Å². The minimum Gasteiger partial charge on any atom is -0.507 e. The molecule has 3 aromatic rings. The first-order chi connectivity index (χ1) is 24.5. The Morgan fingerprint density at radius 3 is 1.96 bits per heavy atom. The molecule has 10 N–H and O–H groups in total. The van der Waals surface area contributed by atoms with Gasteiger partial charge >= 0.3 is 0 Å². The minimum absolute atomic E-state index is 0.0264. The van der Waals surface area contributed by atoms with Crippen molar-refractivity contribution < 1.29 is 79.6 Å². The smallest absolute Gasteiger partial charge is 0.268 e. The van der Waals surface area contributed by atoms with E-state index >= 15 is 0 Å². The summed E-state index contributed by atoms with van der Waals surface area (Å²) in [7, 11) is 0. The van der Waals surface area contributed by atoms with Crippen molar-refractivity contribution in [3.05, 3.63) is 62.9 Å². The molecule has 3 aromatic carbocycles. The van der Waals surface area contributed by atoms with Gasteiger partial charge in [0.1, 0.15) is 59.6 Å². The number of hydrogen-bond donors (Lipinski definition) is 10. The molecule has 278 valence electrons. The highest BCUT2D eigenvalue weighted by Gasteiger charge is 2.46. The quantitative estimate of drug-likeness (QED) is 0.134. The van der Waals surface area contributed by atoms with Crippen molar-refractivity contribution in [1.29, 1.82) is 0 Å². The summed E-state index contributed by atoms with van der Waals surface area (Å²) in [6.45, 7) is 5.49. The van der Waals surface area contributed by atoms with Gasteiger partial charge < -0.3 is 70.0 Å². The van der Waals surface area contributed by atoms with Crippen LogP contribution in [0.25, 0.3) is 16.3 Å². The normalized spacial score (nSPS) is 33.2. The topological polar surface area (TPSA) is 273 Å². The minimum atomic E-state index is -1.89. The van der Waals surface area contributed by atoms with Crippen molar-refractivity contribution in [2.75, 3.05) is 6.61 Å². The standard InChI is InChI=1S/C36H38O16/c1-9-19-17(25(38)11(3)49-9)7-15-21(31(44)34(47)32(45)23(15)29(19)42)14-5-13(51-36-35(48)33(46)28(41)18(8-37)52-36)6-16-22(14)30(43)20-10(2)50-12(4)26(39)24(20)27(16)40/h5-7,9-12,18,25-26,28,33,35-44,46,48H,8H2,1-4H3/t9-,10-,11-,12-,18-,25-,26-,28-,33+,35-,36-/m1/s1. The second-order valence-corrected chi connectivity index (χ2v) is 13.6. The lowest BCUT2D eigenvalue weighted by Gasteiger charge is -2.39. The lowest BCUT2D eigenvalue weighted by molar-refractivity contribution is -0.277. The average molecular weight is 727 g/mol. The fourth-order valence-corrected chi connectivity index (χ4v) is 7.82. The number of aromatic hydroxyl groups is 3. The molecule has 52 heavy (non-hydrogen) atoms. The number of ketones is 2. The van der Waals surface area contributed by atoms with Crippen molar-refractivity contribution in [2.24, 2.45) is 0 Å². The van der Waals surface area contributed by atoms with E-state index in [1.165, 1.54) is 12.1 Å². The largest absolute Gasteiger partial charge is 0.507 e. The van der Waals surface area contributed by atoms with Gasteiger partial charge in [-0.25, -0.2) is 0 Å². The van der Waals surface area contributed by atoms with E-state index in [4.69, 9.17) is 18.9 Å². The van der Waals surface area contributed by atoms with Crippen LogP contribution in [-0.2, 0) is 19.0 Å². The van der Waals surface area contributed by atoms with Crippen molar-refractivity contribution in [2.45, 2.75) is 95.0 Å². The summed E-state index contributed by atoms with van der Waals surface area (Å²) in [6, 6.07) is 3.64. The van der Waals surface area contributed by atoms with Crippen LogP contribution in [0, 0.1) is 0 Å². The van der Waals surface area contributed by atoms with E-state index in [1.54, 1.807) is 27.7 Å². The summed E-state index contributed by atoms with van der Waals surface area (Å²) in [4.78, 5) is 26.9. The van der Waals surface area contributed by atoms with Crippen LogP contribution >= 0.6 is 0 Å². The maximum Gasteiger partial charge on any atom is 0.268 e. The zero-order valence-electron chi connectivity index (χ0n) is 28.2. The van der Waals surface area contributed by atoms with E-state index < -0.39 is 120 Å². The molecule has 3 aliphatic heterocycles. The Morgan fingerprint density at radius 2 is 1.31 bits per heavy atom. The Balaban J connectivity index is 1.55. The highest BCUT2D eigenvalue weighted by Crippen LogP contribution is 2.55. The Bertz CT molecular complexity index is 2050. The molecular weight excluding hydrogens is 688 g/mol. The second kappa shape index (κ2) is 12.6. The molecule has 0 bridgehead atoms. The summed E-state index contributed by atoms with van der Waals surface area (Å²) in [5.41, 5.74) is -1.44. The molecule has 1 aliphatic carbocycles. The molecule has 16 heteroatoms. The van der Waals surface area contributed by atoms with Crippen LogP contribution in [0.1, 0.15) is 95.8 Å². The summed E-state index contributed by atoms with van der Waals surface area (Å²) >= 11 is 0. The van der Waals surface area contributed by atoms with E-state index in [2.05, 4.69) is 0 Å². The van der Waals surface area contributed by atoms with Crippen molar-refractivity contribution in [1.82, 2.24) is 0 Å². The predicted molar refractivity (Wildman–Crippen MR) is 176 cm³/mol. The number of hydrogen-bond acceptors (Lipinski definition) is 16. The molecule has 16 nitrogen and oxygen atoms in total. The summed E-state index contributed by atoms with van der Waals surface area (Å²) in [5.74, 6) is -5.95. The molecule has 0 unspecified atom stereocenters. The van der Waals surface area contributed by atoms with Gasteiger partial charge in [-0.1, -0.05) is 0 Å². The Kier molecular flexibility index (Phi) is 8.76. The number of carbonyl (C=O) groups excluding carboxylic acids is 2. The first-order valence-corrected chi connectivity index (χ1v) is 16.6. The molecule has 0 radical (unpaired) electrons. The zero-order valence-corrected chi connectivity index (χ0v) is 28.2. The van der Waals surface area contributed by atoms with Crippen LogP contribution in [0.2, 0.25) is 0 Å². The number of Topliss-reactive ketones (excluding diaryl/α,β-unsaturated/α-hetero) is 2. The highest BCUT2D eigenvalue weighted by atomic mass is 16.7. The molecule has 1 saturated heterocycles. The molecular formula is C36H38O16. The number of aliphatic hydroxyl groups excluding tert-OH is 7. The van der Waals surface area contributed by atoms with E-state index in [0.717, 1.165) is 6.07 Å². The van der Waals surface area contributed by atoms with Gasteiger partial charge in [-0.3, -0.25) is 9.59 Å². The Morgan fingerprint density at radius 1 is 0.673 bits per heavy atom. The van der Waals surface area contributed by atoms with Gasteiger partial charge in [-0.05, 0) is 51.5 Å². The van der Waals surface area contributed by atoms with Crippen molar-refractivity contribution in [3.8, 4) is 23.0 Å². The predicted octanol–water partition coefficient (Wildman–Crippen LogP) is 1.24. The fraction of sp³-hybridized carbons (Fsp3) is 0.444. The number of phenolic OH excluding ortho intramolecular Hbond substituents is 3. The van der Waals surface area contributed by atoms with Gasteiger partial charge in [0.05, 0.1) is 36.6 Å². The van der Waals surface area contributed by atoms with Crippen LogP contribution in [-0.4, -0.2) is 112 Å². The number of aliphatic hydroxyl groups is 7. The number of phenols is 3. The third-order valence-corrected chi connectivity index (χ3v) is 10.5. The van der Waals surface area contributed by atoms with Crippen LogP contribution in [0.5, 0.6) is 23.0 Å². The van der Waals surface area contributed by atoms with E-state index in [-0.39, 0.29) is 49.9 Å². The maximum absolute atomic E-state index is 13.5. The van der Waals surface area contributed by atoms with E-state index in [1.807, 2.05) is 0 Å². The van der Waals surface area contributed by atoms with Gasteiger partial charge in [0.25, 0.3) is 5.78 Å². The van der Waals surface area contributed by atoms with Crippen LogP contribution < -0.4 is 4.74 Å². The number of benzene rings is 3. The van der Waals surface area contributed by atoms with Gasteiger partial charge in [-0.2, -0.15) is 0 Å². The molecule has 1 fully saturated rings. The number of rotatable bonds is 4. The molecule has 0 amide bonds. The summed E-state index contributed by atoms with van der Waals surface area (Å²) in [5, 5.41) is 110. The van der Waals surface area contributed by atoms with Gasteiger partial charge in [0.2, 0.25) is 12.1 Å². The molecule has 0 aromatic heterocycles. The highest BCUT2D eigenvalue weighted by molar-refractivity contribution is 6.53. The SMILES string of the molecule is C[C@H]1O[C@H](C)[C@@H](O)c2cc3c(c(O)c21)C(=O)C(=O)C(O)=C3c1cc(O[C@@H]2O[C@H](CO)[C@@H](O)[C@H](O)[C@H]2O)cc2c(O)c3c(c(O)c12)[C@@H](C)O[C@H](C)[C@H]3O. The van der Waals surface area contributed by atoms with Gasteiger partial charge in [0.15, 0.2) is 5.76 Å². The number of fused-ring (bicyclic) bond motifs is 4. The third kappa shape index (κ3) is 5.09. The van der Waals surface area contributed by atoms with Crippen molar-refractivity contribution in [3.63, 3.8) is 0 Å². The van der Waals surface area contributed by atoms with E-state index in [9.17, 15) is 60.7 Å². The molecule has 4 aliphatic rings. The fourth-order valence-electron chi connectivity index (χ4n) is 7.82. The zero-order chi connectivity index (χ0) is 37.8. The number of carbonyl (C=O) groups is 2. The average Bonchev–Trinajstić information content (AvgIpc) is 3.09. The lowest BCUT2D eigenvalue weighted by Crippen LogP contribution is -2.60. The first kappa shape index (κ1) is 36.0. The maximum atomic E-state index is 13.5. The summed E-state index contributed by atoms with van der Waals surface area (Å²) < 4.78 is 22.9. The lowest BCUT2D eigenvalue weighted by atomic mass is 9.77. The molecule has 11 atom stereocenters. The molecule has 0 saturated carbocycles.